The third-order valence-corrected chi connectivity index (χ3v) is 4.82. The van der Waals surface area contributed by atoms with Gasteiger partial charge in [-0.3, -0.25) is 4.98 Å². The van der Waals surface area contributed by atoms with Crippen molar-refractivity contribution in [1.82, 2.24) is 19.9 Å². The first-order chi connectivity index (χ1) is 13.7. The standard InChI is InChI=1S/C21H15F2N5/c22-15-8-14(9-16(23)11-15)13-2-3-17-18(10-13)26-20(19-12-24-4-5-25-19)27-21(17)28-6-1-7-28/h2-5,8-12H,1,6-7H2. The molecule has 1 saturated heterocycles. The molecule has 1 fully saturated rings. The summed E-state index contributed by atoms with van der Waals surface area (Å²) in [5.41, 5.74) is 2.42. The average molecular weight is 375 g/mol. The zero-order chi connectivity index (χ0) is 19.1. The van der Waals surface area contributed by atoms with E-state index in [1.807, 2.05) is 18.2 Å². The predicted octanol–water partition coefficient (Wildman–Crippen LogP) is 4.24. The number of halogens is 2. The van der Waals surface area contributed by atoms with Gasteiger partial charge < -0.3 is 4.90 Å². The Hall–Kier alpha value is -3.48. The SMILES string of the molecule is Fc1cc(F)cc(-c2ccc3c(N4CCC4)nc(-c4cnccn4)nc3c2)c1. The first kappa shape index (κ1) is 16.7. The fraction of sp³-hybridized carbons (Fsp3) is 0.143. The molecule has 3 heterocycles. The maximum atomic E-state index is 13.6. The topological polar surface area (TPSA) is 54.8 Å². The lowest BCUT2D eigenvalue weighted by molar-refractivity contribution is 0.584. The molecular weight excluding hydrogens is 360 g/mol. The number of anilines is 1. The van der Waals surface area contributed by atoms with Crippen LogP contribution < -0.4 is 4.90 Å². The molecule has 1 aliphatic rings. The van der Waals surface area contributed by atoms with Gasteiger partial charge in [0.25, 0.3) is 0 Å². The summed E-state index contributed by atoms with van der Waals surface area (Å²) in [5, 5.41) is 0.896. The molecule has 0 radical (unpaired) electrons. The van der Waals surface area contributed by atoms with Crippen LogP contribution in [0.5, 0.6) is 0 Å². The Morgan fingerprint density at radius 3 is 2.36 bits per heavy atom. The summed E-state index contributed by atoms with van der Waals surface area (Å²) >= 11 is 0. The number of hydrogen-bond acceptors (Lipinski definition) is 5. The predicted molar refractivity (Wildman–Crippen MR) is 103 cm³/mol. The maximum absolute atomic E-state index is 13.6. The minimum atomic E-state index is -0.612. The van der Waals surface area contributed by atoms with Gasteiger partial charge in [0, 0.05) is 36.9 Å². The fourth-order valence-corrected chi connectivity index (χ4v) is 3.31. The van der Waals surface area contributed by atoms with Crippen LogP contribution in [0.2, 0.25) is 0 Å². The van der Waals surface area contributed by atoms with E-state index in [-0.39, 0.29) is 0 Å². The van der Waals surface area contributed by atoms with Crippen molar-refractivity contribution in [2.24, 2.45) is 0 Å². The number of rotatable bonds is 3. The zero-order valence-electron chi connectivity index (χ0n) is 14.8. The molecule has 0 atom stereocenters. The molecule has 28 heavy (non-hydrogen) atoms. The molecule has 5 nitrogen and oxygen atoms in total. The molecule has 138 valence electrons. The Morgan fingerprint density at radius 2 is 1.68 bits per heavy atom. The maximum Gasteiger partial charge on any atom is 0.182 e. The van der Waals surface area contributed by atoms with Crippen molar-refractivity contribution in [2.75, 3.05) is 18.0 Å². The van der Waals surface area contributed by atoms with Crippen LogP contribution in [0.4, 0.5) is 14.6 Å². The highest BCUT2D eigenvalue weighted by atomic mass is 19.1. The van der Waals surface area contributed by atoms with Crippen LogP contribution >= 0.6 is 0 Å². The molecule has 0 unspecified atom stereocenters. The normalized spacial score (nSPS) is 13.6. The van der Waals surface area contributed by atoms with Gasteiger partial charge in [-0.05, 0) is 41.8 Å². The highest BCUT2D eigenvalue weighted by Crippen LogP contribution is 2.32. The van der Waals surface area contributed by atoms with Crippen LogP contribution in [-0.2, 0) is 0 Å². The second kappa shape index (κ2) is 6.60. The quantitative estimate of drug-likeness (QED) is 0.536. The average Bonchev–Trinajstić information content (AvgIpc) is 2.66. The van der Waals surface area contributed by atoms with E-state index in [9.17, 15) is 8.78 Å². The van der Waals surface area contributed by atoms with Gasteiger partial charge in [-0.1, -0.05) is 6.07 Å². The third-order valence-electron chi connectivity index (χ3n) is 4.82. The summed E-state index contributed by atoms with van der Waals surface area (Å²) in [6.45, 7) is 1.87. The van der Waals surface area contributed by atoms with E-state index in [1.165, 1.54) is 12.1 Å². The van der Waals surface area contributed by atoms with Crippen molar-refractivity contribution >= 4 is 16.7 Å². The second-order valence-electron chi connectivity index (χ2n) is 6.69. The lowest BCUT2D eigenvalue weighted by Crippen LogP contribution is -2.37. The highest BCUT2D eigenvalue weighted by Gasteiger charge is 2.21. The van der Waals surface area contributed by atoms with Gasteiger partial charge in [-0.25, -0.2) is 23.7 Å². The molecule has 5 rings (SSSR count). The zero-order valence-corrected chi connectivity index (χ0v) is 14.8. The van der Waals surface area contributed by atoms with Gasteiger partial charge in [0.1, 0.15) is 23.1 Å². The van der Waals surface area contributed by atoms with E-state index >= 15 is 0 Å². The molecule has 0 aliphatic carbocycles. The molecule has 0 spiro atoms. The lowest BCUT2D eigenvalue weighted by Gasteiger charge is -2.33. The largest absolute Gasteiger partial charge is 0.356 e. The summed E-state index contributed by atoms with van der Waals surface area (Å²) in [6, 6.07) is 9.05. The van der Waals surface area contributed by atoms with E-state index in [0.717, 1.165) is 36.8 Å². The van der Waals surface area contributed by atoms with Gasteiger partial charge >= 0.3 is 0 Å². The Bertz CT molecular complexity index is 1160. The molecular formula is C21H15F2N5. The molecule has 0 bridgehead atoms. The molecule has 7 heteroatoms. The van der Waals surface area contributed by atoms with Crippen LogP contribution in [0.25, 0.3) is 33.5 Å². The van der Waals surface area contributed by atoms with Crippen LogP contribution in [0, 0.1) is 11.6 Å². The molecule has 0 saturated carbocycles. The Kier molecular flexibility index (Phi) is 3.93. The van der Waals surface area contributed by atoms with Crippen LogP contribution in [0.15, 0.2) is 55.0 Å². The molecule has 2 aromatic carbocycles. The minimum Gasteiger partial charge on any atom is -0.356 e. The van der Waals surface area contributed by atoms with E-state index in [0.29, 0.717) is 28.2 Å². The summed E-state index contributed by atoms with van der Waals surface area (Å²) in [5.74, 6) is 0.0950. The number of benzene rings is 2. The number of nitrogens with zero attached hydrogens (tertiary/aromatic N) is 5. The highest BCUT2D eigenvalue weighted by molar-refractivity contribution is 5.94. The van der Waals surface area contributed by atoms with Crippen molar-refractivity contribution in [3.05, 3.63) is 66.6 Å². The Morgan fingerprint density at radius 1 is 0.857 bits per heavy atom. The van der Waals surface area contributed by atoms with Gasteiger partial charge in [-0.2, -0.15) is 0 Å². The number of aromatic nitrogens is 4. The number of fused-ring (bicyclic) bond motifs is 1. The monoisotopic (exact) mass is 375 g/mol. The van der Waals surface area contributed by atoms with Crippen molar-refractivity contribution < 1.29 is 8.78 Å². The molecule has 0 N–H and O–H groups in total. The van der Waals surface area contributed by atoms with E-state index in [2.05, 4.69) is 19.9 Å². The van der Waals surface area contributed by atoms with Crippen molar-refractivity contribution in [3.8, 4) is 22.6 Å². The van der Waals surface area contributed by atoms with E-state index in [1.54, 1.807) is 18.6 Å². The van der Waals surface area contributed by atoms with Gasteiger partial charge in [0.15, 0.2) is 5.82 Å². The third kappa shape index (κ3) is 2.94. The first-order valence-corrected chi connectivity index (χ1v) is 8.97. The Balaban J connectivity index is 1.71. The summed E-state index contributed by atoms with van der Waals surface area (Å²) in [7, 11) is 0. The Labute approximate surface area is 159 Å². The van der Waals surface area contributed by atoms with Crippen LogP contribution in [0.3, 0.4) is 0 Å². The van der Waals surface area contributed by atoms with Crippen LogP contribution in [-0.4, -0.2) is 33.0 Å². The van der Waals surface area contributed by atoms with Crippen LogP contribution in [0.1, 0.15) is 6.42 Å². The van der Waals surface area contributed by atoms with Crippen molar-refractivity contribution in [3.63, 3.8) is 0 Å². The van der Waals surface area contributed by atoms with Crippen molar-refractivity contribution in [2.45, 2.75) is 6.42 Å². The minimum absolute atomic E-state index is 0.463. The molecule has 2 aromatic heterocycles. The van der Waals surface area contributed by atoms with Gasteiger partial charge in [-0.15, -0.1) is 0 Å². The smallest absolute Gasteiger partial charge is 0.182 e. The van der Waals surface area contributed by atoms with Gasteiger partial charge in [0.2, 0.25) is 0 Å². The summed E-state index contributed by atoms with van der Waals surface area (Å²) in [6.07, 6.45) is 5.93. The molecule has 1 aliphatic heterocycles. The first-order valence-electron chi connectivity index (χ1n) is 8.97. The van der Waals surface area contributed by atoms with Crippen molar-refractivity contribution in [1.29, 1.82) is 0 Å². The fourth-order valence-electron chi connectivity index (χ4n) is 3.31. The lowest BCUT2D eigenvalue weighted by atomic mass is 10.0. The summed E-state index contributed by atoms with van der Waals surface area (Å²) < 4.78 is 27.3. The van der Waals surface area contributed by atoms with E-state index < -0.39 is 11.6 Å². The molecule has 0 amide bonds. The number of hydrogen-bond donors (Lipinski definition) is 0. The second-order valence-corrected chi connectivity index (χ2v) is 6.69. The summed E-state index contributed by atoms with van der Waals surface area (Å²) in [4.78, 5) is 19.9. The molecule has 4 aromatic rings. The van der Waals surface area contributed by atoms with Gasteiger partial charge in [0.05, 0.1) is 11.7 Å². The van der Waals surface area contributed by atoms with E-state index in [4.69, 9.17) is 4.98 Å².